The summed E-state index contributed by atoms with van der Waals surface area (Å²) in [6, 6.07) is 12.5. The Morgan fingerprint density at radius 2 is 1.68 bits per heavy atom. The number of aryl methyl sites for hydroxylation is 2. The number of aliphatic hydroxyl groups excluding tert-OH is 1. The Bertz CT molecular complexity index is 780. The van der Waals surface area contributed by atoms with E-state index < -0.39 is 6.10 Å². The summed E-state index contributed by atoms with van der Waals surface area (Å²) in [6.07, 6.45) is 0.0258. The summed E-state index contributed by atoms with van der Waals surface area (Å²) in [5.74, 6) is -0.371. The van der Waals surface area contributed by atoms with Crippen LogP contribution in [0.5, 0.6) is 0 Å². The first-order valence-corrected chi connectivity index (χ1v) is 8.45. The molecule has 1 atom stereocenters. The highest BCUT2D eigenvalue weighted by molar-refractivity contribution is 6.15. The molecule has 0 radical (unpaired) electrons. The molecule has 1 unspecified atom stereocenters. The van der Waals surface area contributed by atoms with E-state index in [0.29, 0.717) is 29.7 Å². The second kappa shape index (κ2) is 8.08. The third-order valence-corrected chi connectivity index (χ3v) is 4.40. The number of hydrogen-bond acceptors (Lipinski definition) is 3. The van der Waals surface area contributed by atoms with Gasteiger partial charge in [-0.05, 0) is 50.5 Å². The first-order chi connectivity index (χ1) is 11.8. The normalized spacial score (nSPS) is 11.9. The lowest BCUT2D eigenvalue weighted by molar-refractivity contribution is 0.0764. The zero-order valence-electron chi connectivity index (χ0n) is 15.2. The first kappa shape index (κ1) is 18.9. The van der Waals surface area contributed by atoms with Crippen LogP contribution in [0.1, 0.15) is 50.8 Å². The van der Waals surface area contributed by atoms with Gasteiger partial charge in [-0.1, -0.05) is 30.3 Å². The predicted octanol–water partition coefficient (Wildman–Crippen LogP) is 3.38. The van der Waals surface area contributed by atoms with E-state index in [4.69, 9.17) is 0 Å². The van der Waals surface area contributed by atoms with Crippen LogP contribution >= 0.6 is 0 Å². The molecule has 0 aliphatic heterocycles. The van der Waals surface area contributed by atoms with Crippen molar-refractivity contribution in [3.63, 3.8) is 0 Å². The number of carbonyl (C=O) groups is 2. The maximum Gasteiger partial charge on any atom is 0.254 e. The van der Waals surface area contributed by atoms with Crippen molar-refractivity contribution < 1.29 is 14.7 Å². The van der Waals surface area contributed by atoms with Gasteiger partial charge in [0.1, 0.15) is 0 Å². The number of benzene rings is 2. The molecule has 1 N–H and O–H groups in total. The fourth-order valence-electron chi connectivity index (χ4n) is 2.59. The molecule has 2 aromatic carbocycles. The second-order valence-corrected chi connectivity index (χ2v) is 6.54. The monoisotopic (exact) mass is 339 g/mol. The van der Waals surface area contributed by atoms with E-state index >= 15 is 0 Å². The van der Waals surface area contributed by atoms with Crippen molar-refractivity contribution in [2.45, 2.75) is 33.3 Å². The van der Waals surface area contributed by atoms with Gasteiger partial charge in [0, 0.05) is 24.7 Å². The van der Waals surface area contributed by atoms with Crippen molar-refractivity contribution in [2.75, 3.05) is 13.6 Å². The molecule has 132 valence electrons. The van der Waals surface area contributed by atoms with Gasteiger partial charge in [-0.15, -0.1) is 0 Å². The van der Waals surface area contributed by atoms with Crippen molar-refractivity contribution >= 4 is 11.7 Å². The molecule has 0 saturated carbocycles. The second-order valence-electron chi connectivity index (χ2n) is 6.54. The van der Waals surface area contributed by atoms with Gasteiger partial charge in [-0.25, -0.2) is 0 Å². The van der Waals surface area contributed by atoms with E-state index in [0.717, 1.165) is 11.1 Å². The third kappa shape index (κ3) is 4.54. The lowest BCUT2D eigenvalue weighted by Gasteiger charge is -2.19. The average molecular weight is 339 g/mol. The summed E-state index contributed by atoms with van der Waals surface area (Å²) in [4.78, 5) is 27.2. The number of ketones is 1. The van der Waals surface area contributed by atoms with Crippen LogP contribution in [0.25, 0.3) is 0 Å². The lowest BCUT2D eigenvalue weighted by atomic mass is 9.95. The first-order valence-electron chi connectivity index (χ1n) is 8.45. The molecule has 4 heteroatoms. The minimum Gasteiger partial charge on any atom is -0.393 e. The Hall–Kier alpha value is -2.46. The zero-order chi connectivity index (χ0) is 18.6. The van der Waals surface area contributed by atoms with Crippen LogP contribution in [0.15, 0.2) is 42.5 Å². The minimum absolute atomic E-state index is 0.157. The minimum atomic E-state index is -0.470. The smallest absolute Gasteiger partial charge is 0.254 e. The van der Waals surface area contributed by atoms with Gasteiger partial charge >= 0.3 is 0 Å². The van der Waals surface area contributed by atoms with Crippen molar-refractivity contribution in [3.8, 4) is 0 Å². The van der Waals surface area contributed by atoms with Gasteiger partial charge in [-0.2, -0.15) is 0 Å². The van der Waals surface area contributed by atoms with Crippen LogP contribution in [-0.4, -0.2) is 41.4 Å². The molecule has 2 rings (SSSR count). The Kier molecular flexibility index (Phi) is 6.10. The fourth-order valence-corrected chi connectivity index (χ4v) is 2.59. The van der Waals surface area contributed by atoms with Gasteiger partial charge in [-0.3, -0.25) is 9.59 Å². The number of rotatable bonds is 6. The molecule has 2 aromatic rings. The molecule has 4 nitrogen and oxygen atoms in total. The van der Waals surface area contributed by atoms with Crippen LogP contribution in [0.4, 0.5) is 0 Å². The molecule has 0 heterocycles. The highest BCUT2D eigenvalue weighted by Crippen LogP contribution is 2.18. The molecule has 0 aromatic heterocycles. The van der Waals surface area contributed by atoms with Crippen LogP contribution in [0, 0.1) is 13.8 Å². The number of amides is 1. The quantitative estimate of drug-likeness (QED) is 0.821. The van der Waals surface area contributed by atoms with Gasteiger partial charge in [0.05, 0.1) is 11.7 Å². The number of nitrogens with zero attached hydrogens (tertiary/aromatic N) is 1. The van der Waals surface area contributed by atoms with Gasteiger partial charge < -0.3 is 10.0 Å². The van der Waals surface area contributed by atoms with Crippen molar-refractivity contribution in [3.05, 3.63) is 70.3 Å². The molecule has 0 aliphatic rings. The lowest BCUT2D eigenvalue weighted by Crippen LogP contribution is -2.30. The highest BCUT2D eigenvalue weighted by Gasteiger charge is 2.21. The summed E-state index contributed by atoms with van der Waals surface area (Å²) in [5, 5.41) is 9.40. The van der Waals surface area contributed by atoms with E-state index in [1.807, 2.05) is 26.0 Å². The van der Waals surface area contributed by atoms with Crippen molar-refractivity contribution in [2.24, 2.45) is 0 Å². The predicted molar refractivity (Wildman–Crippen MR) is 99.0 cm³/mol. The molecule has 0 bridgehead atoms. The molecular weight excluding hydrogens is 314 g/mol. The van der Waals surface area contributed by atoms with E-state index in [1.165, 1.54) is 0 Å². The summed E-state index contributed by atoms with van der Waals surface area (Å²) in [6.45, 7) is 6.09. The molecule has 0 aliphatic carbocycles. The number of aliphatic hydroxyl groups is 1. The number of carbonyl (C=O) groups excluding carboxylic acids is 2. The maximum absolute atomic E-state index is 12.9. The van der Waals surface area contributed by atoms with Gasteiger partial charge in [0.15, 0.2) is 5.78 Å². The molecule has 0 saturated heterocycles. The van der Waals surface area contributed by atoms with Crippen LogP contribution in [-0.2, 0) is 0 Å². The molecule has 0 spiro atoms. The molecule has 25 heavy (non-hydrogen) atoms. The van der Waals surface area contributed by atoms with Gasteiger partial charge in [0.2, 0.25) is 0 Å². The largest absolute Gasteiger partial charge is 0.393 e. The molecular formula is C21H25NO3. The highest BCUT2D eigenvalue weighted by atomic mass is 16.3. The molecule has 1 amide bonds. The Morgan fingerprint density at radius 1 is 1.04 bits per heavy atom. The Morgan fingerprint density at radius 3 is 2.28 bits per heavy atom. The maximum atomic E-state index is 12.9. The van der Waals surface area contributed by atoms with Gasteiger partial charge in [0.25, 0.3) is 5.91 Å². The summed E-state index contributed by atoms with van der Waals surface area (Å²) in [5.41, 5.74) is 3.54. The number of hydrogen-bond donors (Lipinski definition) is 1. The fraction of sp³-hybridized carbons (Fsp3) is 0.333. The third-order valence-electron chi connectivity index (χ3n) is 4.40. The summed E-state index contributed by atoms with van der Waals surface area (Å²) >= 11 is 0. The van der Waals surface area contributed by atoms with Crippen LogP contribution < -0.4 is 0 Å². The van der Waals surface area contributed by atoms with E-state index in [9.17, 15) is 14.7 Å². The SMILES string of the molecule is Cc1ccc(C(=O)c2ccccc2C(=O)N(C)CCC(C)O)cc1C. The van der Waals surface area contributed by atoms with E-state index in [-0.39, 0.29) is 11.7 Å². The van der Waals surface area contributed by atoms with Crippen molar-refractivity contribution in [1.82, 2.24) is 4.90 Å². The Balaban J connectivity index is 2.32. The molecule has 0 fully saturated rings. The summed E-state index contributed by atoms with van der Waals surface area (Å²) in [7, 11) is 1.68. The van der Waals surface area contributed by atoms with E-state index in [2.05, 4.69) is 0 Å². The topological polar surface area (TPSA) is 57.6 Å². The Labute approximate surface area is 149 Å². The van der Waals surface area contributed by atoms with Crippen LogP contribution in [0.2, 0.25) is 0 Å². The van der Waals surface area contributed by atoms with Crippen LogP contribution in [0.3, 0.4) is 0 Å². The zero-order valence-corrected chi connectivity index (χ0v) is 15.2. The standard InChI is InChI=1S/C21H25NO3/c1-14-9-10-17(13-15(14)2)20(24)18-7-5-6-8-19(18)21(25)22(4)12-11-16(3)23/h5-10,13,16,23H,11-12H2,1-4H3. The van der Waals surface area contributed by atoms with Crippen molar-refractivity contribution in [1.29, 1.82) is 0 Å². The van der Waals surface area contributed by atoms with E-state index in [1.54, 1.807) is 49.2 Å². The summed E-state index contributed by atoms with van der Waals surface area (Å²) < 4.78 is 0. The average Bonchev–Trinajstić information content (AvgIpc) is 2.60.